The Kier molecular flexibility index (Phi) is 5.77. The second-order valence-electron chi connectivity index (χ2n) is 7.54. The van der Waals surface area contributed by atoms with Gasteiger partial charge in [0, 0.05) is 19.0 Å². The average molecular weight is 354 g/mol. The summed E-state index contributed by atoms with van der Waals surface area (Å²) in [6.07, 6.45) is 4.10. The summed E-state index contributed by atoms with van der Waals surface area (Å²) in [6, 6.07) is 8.37. The van der Waals surface area contributed by atoms with Crippen LogP contribution in [0.25, 0.3) is 5.69 Å². The molecule has 3 rings (SSSR count). The van der Waals surface area contributed by atoms with Crippen LogP contribution in [0.3, 0.4) is 0 Å². The summed E-state index contributed by atoms with van der Waals surface area (Å²) in [4.78, 5) is 15.1. The van der Waals surface area contributed by atoms with Gasteiger partial charge in [0.25, 0.3) is 5.91 Å². The SMILES string of the molecule is CCCc1c(C(=O)NCCN(C)C)c(C2CC2)nn1-c1ccc(C)cc1. The quantitative estimate of drug-likeness (QED) is 0.791. The normalized spacial score (nSPS) is 14.0. The van der Waals surface area contributed by atoms with Crippen LogP contribution in [0.1, 0.15) is 59.4 Å². The minimum Gasteiger partial charge on any atom is -0.351 e. The molecule has 0 atom stereocenters. The fourth-order valence-corrected chi connectivity index (χ4v) is 3.21. The van der Waals surface area contributed by atoms with E-state index in [2.05, 4.69) is 48.3 Å². The van der Waals surface area contributed by atoms with Gasteiger partial charge in [-0.3, -0.25) is 4.79 Å². The van der Waals surface area contributed by atoms with Gasteiger partial charge < -0.3 is 10.2 Å². The lowest BCUT2D eigenvalue weighted by Gasteiger charge is -2.12. The lowest BCUT2D eigenvalue weighted by molar-refractivity contribution is 0.0949. The molecule has 5 nitrogen and oxygen atoms in total. The van der Waals surface area contributed by atoms with Crippen LogP contribution in [0, 0.1) is 6.92 Å². The number of rotatable bonds is 8. The molecule has 2 aromatic rings. The van der Waals surface area contributed by atoms with Crippen LogP contribution in [-0.2, 0) is 6.42 Å². The van der Waals surface area contributed by atoms with Gasteiger partial charge in [-0.2, -0.15) is 5.10 Å². The first-order chi connectivity index (χ1) is 12.5. The monoisotopic (exact) mass is 354 g/mol. The zero-order valence-electron chi connectivity index (χ0n) is 16.4. The van der Waals surface area contributed by atoms with Crippen LogP contribution in [0.15, 0.2) is 24.3 Å². The first-order valence-electron chi connectivity index (χ1n) is 9.63. The number of aryl methyl sites for hydroxylation is 1. The van der Waals surface area contributed by atoms with Crippen molar-refractivity contribution in [2.24, 2.45) is 0 Å². The van der Waals surface area contributed by atoms with E-state index in [4.69, 9.17) is 5.10 Å². The molecule has 0 aliphatic heterocycles. The van der Waals surface area contributed by atoms with Gasteiger partial charge in [0.2, 0.25) is 0 Å². The van der Waals surface area contributed by atoms with E-state index in [1.165, 1.54) is 5.56 Å². The zero-order valence-corrected chi connectivity index (χ0v) is 16.4. The number of hydrogen-bond acceptors (Lipinski definition) is 3. The minimum atomic E-state index is 0.0237. The van der Waals surface area contributed by atoms with E-state index in [1.54, 1.807) is 0 Å². The molecule has 0 radical (unpaired) electrons. The number of aromatic nitrogens is 2. The third kappa shape index (κ3) is 4.15. The maximum Gasteiger partial charge on any atom is 0.255 e. The predicted octanol–water partition coefficient (Wildman–Crippen LogP) is 3.30. The van der Waals surface area contributed by atoms with E-state index in [1.807, 2.05) is 18.8 Å². The molecule has 0 bridgehead atoms. The Hall–Kier alpha value is -2.14. The second-order valence-corrected chi connectivity index (χ2v) is 7.54. The largest absolute Gasteiger partial charge is 0.351 e. The highest BCUT2D eigenvalue weighted by atomic mass is 16.1. The molecule has 1 aromatic heterocycles. The molecule has 26 heavy (non-hydrogen) atoms. The molecule has 1 aliphatic rings. The van der Waals surface area contributed by atoms with Crippen LogP contribution in [-0.4, -0.2) is 47.8 Å². The van der Waals surface area contributed by atoms with E-state index >= 15 is 0 Å². The summed E-state index contributed by atoms with van der Waals surface area (Å²) in [5, 5.41) is 7.99. The third-order valence-corrected chi connectivity index (χ3v) is 4.81. The van der Waals surface area contributed by atoms with Gasteiger partial charge in [0.15, 0.2) is 0 Å². The fraction of sp³-hybridized carbons (Fsp3) is 0.524. The van der Waals surface area contributed by atoms with Crippen molar-refractivity contribution < 1.29 is 4.79 Å². The number of nitrogens with one attached hydrogen (secondary N) is 1. The zero-order chi connectivity index (χ0) is 18.7. The second kappa shape index (κ2) is 8.04. The molecule has 5 heteroatoms. The molecule has 1 aliphatic carbocycles. The molecule has 1 amide bonds. The highest BCUT2D eigenvalue weighted by molar-refractivity contribution is 5.97. The lowest BCUT2D eigenvalue weighted by Crippen LogP contribution is -2.32. The molecule has 1 N–H and O–H groups in total. The molecule has 1 fully saturated rings. The van der Waals surface area contributed by atoms with E-state index in [0.717, 1.165) is 54.9 Å². The van der Waals surface area contributed by atoms with Gasteiger partial charge >= 0.3 is 0 Å². The summed E-state index contributed by atoms with van der Waals surface area (Å²) < 4.78 is 2.00. The van der Waals surface area contributed by atoms with E-state index in [0.29, 0.717) is 12.5 Å². The maximum absolute atomic E-state index is 13.0. The maximum atomic E-state index is 13.0. The number of carbonyl (C=O) groups excluding carboxylic acids is 1. The van der Waals surface area contributed by atoms with Crippen LogP contribution in [0.4, 0.5) is 0 Å². The molecule has 1 heterocycles. The van der Waals surface area contributed by atoms with Crippen LogP contribution < -0.4 is 5.32 Å². The van der Waals surface area contributed by atoms with Crippen LogP contribution in [0.2, 0.25) is 0 Å². The van der Waals surface area contributed by atoms with Gasteiger partial charge in [0.05, 0.1) is 22.6 Å². The van der Waals surface area contributed by atoms with Crippen LogP contribution >= 0.6 is 0 Å². The molecule has 140 valence electrons. The number of carbonyl (C=O) groups is 1. The van der Waals surface area contributed by atoms with Crippen molar-refractivity contribution in [3.8, 4) is 5.69 Å². The van der Waals surface area contributed by atoms with Crippen molar-refractivity contribution in [3.63, 3.8) is 0 Å². The Morgan fingerprint density at radius 2 is 1.96 bits per heavy atom. The molecule has 0 spiro atoms. The third-order valence-electron chi connectivity index (χ3n) is 4.81. The van der Waals surface area contributed by atoms with Gasteiger partial charge in [-0.05, 0) is 52.4 Å². The average Bonchev–Trinajstić information content (AvgIpc) is 3.37. The van der Waals surface area contributed by atoms with Crippen molar-refractivity contribution in [2.75, 3.05) is 27.2 Å². The van der Waals surface area contributed by atoms with Gasteiger partial charge in [-0.25, -0.2) is 4.68 Å². The fourth-order valence-electron chi connectivity index (χ4n) is 3.21. The summed E-state index contributed by atoms with van der Waals surface area (Å²) >= 11 is 0. The number of amides is 1. The Morgan fingerprint density at radius 3 is 2.54 bits per heavy atom. The first kappa shape index (κ1) is 18.6. The highest BCUT2D eigenvalue weighted by Gasteiger charge is 2.34. The first-order valence-corrected chi connectivity index (χ1v) is 9.63. The van der Waals surface area contributed by atoms with Crippen molar-refractivity contribution in [1.29, 1.82) is 0 Å². The van der Waals surface area contributed by atoms with E-state index in [-0.39, 0.29) is 5.91 Å². The number of hydrogen-bond donors (Lipinski definition) is 1. The minimum absolute atomic E-state index is 0.0237. The Morgan fingerprint density at radius 1 is 1.27 bits per heavy atom. The summed E-state index contributed by atoms with van der Waals surface area (Å²) in [5.74, 6) is 0.461. The molecule has 0 unspecified atom stereocenters. The van der Waals surface area contributed by atoms with E-state index < -0.39 is 0 Å². The number of benzene rings is 1. The summed E-state index contributed by atoms with van der Waals surface area (Å²) in [7, 11) is 4.03. The number of likely N-dealkylation sites (N-methyl/N-ethyl adjacent to an activating group) is 1. The summed E-state index contributed by atoms with van der Waals surface area (Å²) in [5.41, 5.74) is 5.10. The summed E-state index contributed by atoms with van der Waals surface area (Å²) in [6.45, 7) is 5.72. The standard InChI is InChI=1S/C21H30N4O/c1-5-6-18-19(21(26)22-13-14-24(3)4)20(16-9-10-16)23-25(18)17-11-7-15(2)8-12-17/h7-8,11-12,16H,5-6,9-10,13-14H2,1-4H3,(H,22,26). The van der Waals surface area contributed by atoms with Crippen molar-refractivity contribution in [1.82, 2.24) is 20.0 Å². The smallest absolute Gasteiger partial charge is 0.255 e. The molecular weight excluding hydrogens is 324 g/mol. The van der Waals surface area contributed by atoms with Crippen molar-refractivity contribution >= 4 is 5.91 Å². The van der Waals surface area contributed by atoms with Crippen molar-refractivity contribution in [3.05, 3.63) is 46.8 Å². The Balaban J connectivity index is 1.98. The van der Waals surface area contributed by atoms with Crippen molar-refractivity contribution in [2.45, 2.75) is 45.4 Å². The molecule has 1 saturated carbocycles. The molecular formula is C21H30N4O. The van der Waals surface area contributed by atoms with Gasteiger partial charge in [-0.15, -0.1) is 0 Å². The molecule has 1 aromatic carbocycles. The lowest BCUT2D eigenvalue weighted by atomic mass is 10.1. The Bertz CT molecular complexity index is 757. The van der Waals surface area contributed by atoms with Crippen LogP contribution in [0.5, 0.6) is 0 Å². The van der Waals surface area contributed by atoms with E-state index in [9.17, 15) is 4.79 Å². The highest BCUT2D eigenvalue weighted by Crippen LogP contribution is 2.42. The Labute approximate surface area is 156 Å². The molecule has 0 saturated heterocycles. The van der Waals surface area contributed by atoms with Gasteiger partial charge in [0.1, 0.15) is 0 Å². The number of nitrogens with zero attached hydrogens (tertiary/aromatic N) is 3. The topological polar surface area (TPSA) is 50.2 Å². The van der Waals surface area contributed by atoms with Gasteiger partial charge in [-0.1, -0.05) is 31.0 Å². The predicted molar refractivity (Wildman–Crippen MR) is 105 cm³/mol.